The molecule has 1 aliphatic rings. The number of aromatic amines is 1. The molecule has 148 valence electrons. The van der Waals surface area contributed by atoms with Gasteiger partial charge in [0.2, 0.25) is 0 Å². The molecule has 0 aromatic carbocycles. The van der Waals surface area contributed by atoms with Gasteiger partial charge in [-0.3, -0.25) is 4.72 Å². The number of rotatable bonds is 5. The molecule has 0 aliphatic heterocycles. The molecule has 0 saturated carbocycles. The molecule has 3 rings (SSSR count). The number of ether oxygens (including phenoxy) is 1. The van der Waals surface area contributed by atoms with E-state index in [1.807, 2.05) is 0 Å². The summed E-state index contributed by atoms with van der Waals surface area (Å²) < 4.78 is 109. The summed E-state index contributed by atoms with van der Waals surface area (Å²) in [5.74, 6) is -8.41. The van der Waals surface area contributed by atoms with Crippen molar-refractivity contribution in [2.75, 3.05) is 4.72 Å². The van der Waals surface area contributed by atoms with Crippen molar-refractivity contribution in [2.45, 2.75) is 36.7 Å². The summed E-state index contributed by atoms with van der Waals surface area (Å²) in [5, 5.41) is 0. The molecule has 2 heterocycles. The largest absolute Gasteiger partial charge is 0.430 e. The van der Waals surface area contributed by atoms with E-state index in [-0.39, 0.29) is 23.7 Å². The maximum Gasteiger partial charge on any atom is 0.387 e. The highest BCUT2D eigenvalue weighted by Crippen LogP contribution is 2.36. The van der Waals surface area contributed by atoms with E-state index in [2.05, 4.69) is 14.7 Å². The van der Waals surface area contributed by atoms with E-state index in [9.17, 15) is 34.8 Å². The molecule has 0 amide bonds. The minimum atomic E-state index is -4.51. The van der Waals surface area contributed by atoms with E-state index < -0.39 is 63.6 Å². The van der Waals surface area contributed by atoms with Crippen molar-refractivity contribution in [2.24, 2.45) is 0 Å². The third kappa shape index (κ3) is 3.96. The number of nitrogens with one attached hydrogen (secondary N) is 2. The average molecular weight is 415 g/mol. The van der Waals surface area contributed by atoms with Crippen LogP contribution in [0.25, 0.3) is 0 Å². The average Bonchev–Trinajstić information content (AvgIpc) is 2.94. The third-order valence-electron chi connectivity index (χ3n) is 3.85. The fourth-order valence-corrected chi connectivity index (χ4v) is 3.96. The Morgan fingerprint density at radius 3 is 2.67 bits per heavy atom. The van der Waals surface area contributed by atoms with Crippen LogP contribution < -0.4 is 9.46 Å². The molecule has 0 fully saturated rings. The number of nitrogens with zero attached hydrogens (tertiary/aromatic N) is 1. The van der Waals surface area contributed by atoms with Gasteiger partial charge in [0.25, 0.3) is 21.9 Å². The summed E-state index contributed by atoms with van der Waals surface area (Å²) in [5.41, 5.74) is 0.124. The molecule has 2 N–H and O–H groups in total. The second-order valence-electron chi connectivity index (χ2n) is 5.73. The fourth-order valence-electron chi connectivity index (χ4n) is 2.68. The van der Waals surface area contributed by atoms with Crippen LogP contribution in [0.3, 0.4) is 0 Å². The summed E-state index contributed by atoms with van der Waals surface area (Å²) in [4.78, 5) is 4.96. The van der Waals surface area contributed by atoms with E-state index in [1.54, 1.807) is 4.72 Å². The van der Waals surface area contributed by atoms with Gasteiger partial charge in [0.05, 0.1) is 6.42 Å². The Bertz CT molecular complexity index is 977. The molecular weight excluding hydrogens is 404 g/mol. The monoisotopic (exact) mass is 415 g/mol. The Morgan fingerprint density at radius 1 is 1.30 bits per heavy atom. The van der Waals surface area contributed by atoms with E-state index in [1.165, 1.54) is 0 Å². The van der Waals surface area contributed by atoms with E-state index in [0.29, 0.717) is 0 Å². The van der Waals surface area contributed by atoms with Crippen molar-refractivity contribution in [1.82, 2.24) is 9.97 Å². The number of alkyl halides is 4. The maximum absolute atomic E-state index is 13.9. The summed E-state index contributed by atoms with van der Waals surface area (Å²) in [6, 6.07) is 0.208. The van der Waals surface area contributed by atoms with Crippen LogP contribution in [0, 0.1) is 11.8 Å². The molecule has 2 aromatic heterocycles. The summed E-state index contributed by atoms with van der Waals surface area (Å²) in [7, 11) is -4.51. The summed E-state index contributed by atoms with van der Waals surface area (Å²) >= 11 is 0. The normalized spacial score (nSPS) is 16.3. The molecule has 0 saturated heterocycles. The second kappa shape index (κ2) is 6.62. The molecule has 1 aliphatic carbocycles. The zero-order valence-electron chi connectivity index (χ0n) is 13.2. The van der Waals surface area contributed by atoms with E-state index in [0.717, 1.165) is 6.20 Å². The number of sulfonamides is 1. The number of anilines is 1. The Morgan fingerprint density at radius 2 is 2.00 bits per heavy atom. The third-order valence-corrected chi connectivity index (χ3v) is 5.25. The highest BCUT2D eigenvalue weighted by molar-refractivity contribution is 7.92. The smallest absolute Gasteiger partial charge is 0.387 e. The quantitative estimate of drug-likeness (QED) is 0.580. The van der Waals surface area contributed by atoms with Crippen molar-refractivity contribution >= 4 is 15.8 Å². The molecule has 0 spiro atoms. The number of fused-ring (bicyclic) bond motifs is 1. The number of aromatic nitrogens is 2. The minimum Gasteiger partial charge on any atom is -0.430 e. The molecule has 2 aromatic rings. The van der Waals surface area contributed by atoms with Crippen LogP contribution in [-0.4, -0.2) is 30.9 Å². The van der Waals surface area contributed by atoms with Gasteiger partial charge in [-0.25, -0.2) is 21.6 Å². The number of H-pyrrole nitrogens is 1. The van der Waals surface area contributed by atoms with Gasteiger partial charge in [0, 0.05) is 24.4 Å². The first-order valence-electron chi connectivity index (χ1n) is 7.39. The van der Waals surface area contributed by atoms with Crippen LogP contribution in [0.2, 0.25) is 0 Å². The molecule has 13 heteroatoms. The van der Waals surface area contributed by atoms with Gasteiger partial charge in [-0.15, -0.1) is 0 Å². The first-order chi connectivity index (χ1) is 12.5. The SMILES string of the molecule is O=S(=O)(Nc1nc(F)c(OC(F)F)cc1F)c1c[nH]c2c1CCC(F)(F)C2. The van der Waals surface area contributed by atoms with E-state index >= 15 is 0 Å². The van der Waals surface area contributed by atoms with Gasteiger partial charge in [-0.1, -0.05) is 0 Å². The second-order valence-corrected chi connectivity index (χ2v) is 7.39. The van der Waals surface area contributed by atoms with Crippen molar-refractivity contribution in [3.8, 4) is 5.75 Å². The van der Waals surface area contributed by atoms with Crippen molar-refractivity contribution in [3.63, 3.8) is 0 Å². The number of hydrogen-bond acceptors (Lipinski definition) is 4. The Kier molecular flexibility index (Phi) is 4.74. The zero-order chi connectivity index (χ0) is 20.0. The van der Waals surface area contributed by atoms with Crippen LogP contribution in [0.5, 0.6) is 5.75 Å². The summed E-state index contributed by atoms with van der Waals surface area (Å²) in [6.07, 6.45) is -0.537. The Labute approximate surface area is 148 Å². The van der Waals surface area contributed by atoms with Crippen molar-refractivity contribution in [3.05, 3.63) is 35.3 Å². The molecule has 0 radical (unpaired) electrons. The number of hydrogen-bond donors (Lipinski definition) is 2. The van der Waals surface area contributed by atoms with Gasteiger partial charge in [-0.2, -0.15) is 18.2 Å². The lowest BCUT2D eigenvalue weighted by atomic mass is 9.95. The first kappa shape index (κ1) is 19.3. The highest BCUT2D eigenvalue weighted by Gasteiger charge is 2.38. The molecule has 27 heavy (non-hydrogen) atoms. The van der Waals surface area contributed by atoms with Crippen molar-refractivity contribution in [1.29, 1.82) is 0 Å². The van der Waals surface area contributed by atoms with Gasteiger partial charge >= 0.3 is 6.61 Å². The Balaban J connectivity index is 1.90. The fraction of sp³-hybridized carbons (Fsp3) is 0.357. The van der Waals surface area contributed by atoms with Crippen LogP contribution in [0.1, 0.15) is 17.7 Å². The molecule has 0 atom stereocenters. The predicted octanol–water partition coefficient (Wildman–Crippen LogP) is 3.21. The first-order valence-corrected chi connectivity index (χ1v) is 8.87. The molecule has 0 unspecified atom stereocenters. The van der Waals surface area contributed by atoms with Crippen molar-refractivity contribution < 1.29 is 39.5 Å². The highest BCUT2D eigenvalue weighted by atomic mass is 32.2. The topological polar surface area (TPSA) is 84.1 Å². The van der Waals surface area contributed by atoms with Crippen LogP contribution >= 0.6 is 0 Å². The maximum atomic E-state index is 13.9. The standard InChI is InChI=1S/C14H11F6N3O3S/c15-7-3-9(26-13(17)18)11(16)22-12(7)23-27(24,25)10-5-21-8-4-14(19,20)2-1-6(8)10/h3,5,13,21H,1-2,4H2,(H,22,23). The molecular formula is C14H11F6N3O3S. The summed E-state index contributed by atoms with van der Waals surface area (Å²) in [6.45, 7) is -3.44. The van der Waals surface area contributed by atoms with Gasteiger partial charge in [0.1, 0.15) is 4.90 Å². The zero-order valence-corrected chi connectivity index (χ0v) is 14.0. The minimum absolute atomic E-state index is 0.0203. The van der Waals surface area contributed by atoms with Crippen LogP contribution in [0.15, 0.2) is 17.2 Å². The van der Waals surface area contributed by atoms with Gasteiger partial charge in [-0.05, 0) is 12.0 Å². The lowest BCUT2D eigenvalue weighted by Gasteiger charge is -2.22. The van der Waals surface area contributed by atoms with Crippen LogP contribution in [0.4, 0.5) is 32.2 Å². The lowest BCUT2D eigenvalue weighted by molar-refractivity contribution is -0.0528. The molecule has 0 bridgehead atoms. The van der Waals surface area contributed by atoms with Gasteiger partial charge < -0.3 is 9.72 Å². The predicted molar refractivity (Wildman–Crippen MR) is 79.4 cm³/mol. The van der Waals surface area contributed by atoms with E-state index in [4.69, 9.17) is 0 Å². The number of halogens is 6. The molecule has 6 nitrogen and oxygen atoms in total. The Hall–Kier alpha value is -2.44. The van der Waals surface area contributed by atoms with Crippen LogP contribution in [-0.2, 0) is 22.9 Å². The number of pyridine rings is 1. The van der Waals surface area contributed by atoms with Gasteiger partial charge in [0.15, 0.2) is 17.4 Å². The lowest BCUT2D eigenvalue weighted by Crippen LogP contribution is -2.26.